The van der Waals surface area contributed by atoms with Crippen molar-refractivity contribution in [1.82, 2.24) is 0 Å². The quantitative estimate of drug-likeness (QED) is 0.434. The van der Waals surface area contributed by atoms with Crippen molar-refractivity contribution in [2.75, 3.05) is 13.7 Å². The normalized spacial score (nSPS) is 11.8. The number of methoxy groups -OCH3 is 1. The van der Waals surface area contributed by atoms with Crippen molar-refractivity contribution in [2.24, 2.45) is 0 Å². The van der Waals surface area contributed by atoms with Gasteiger partial charge in [0.05, 0.1) is 13.7 Å². The lowest BCUT2D eigenvalue weighted by Gasteiger charge is -2.11. The smallest absolute Gasteiger partial charge is 0.331 e. The SMILES string of the molecule is CCOc1ccc(C(=O)C(C)OC(=O)/C=C/c2ccc(O)c(OC)c2)cc1. The third-order valence-electron chi connectivity index (χ3n) is 3.73. The van der Waals surface area contributed by atoms with Crippen molar-refractivity contribution in [2.45, 2.75) is 20.0 Å². The Morgan fingerprint density at radius 1 is 1.15 bits per heavy atom. The Kier molecular flexibility index (Phi) is 7.00. The van der Waals surface area contributed by atoms with Crippen LogP contribution in [0.4, 0.5) is 0 Å². The minimum absolute atomic E-state index is 0.00630. The standard InChI is InChI=1S/C21H22O6/c1-4-26-17-9-7-16(8-10-17)21(24)14(2)27-20(23)12-6-15-5-11-18(22)19(13-15)25-3/h5-14,22H,4H2,1-3H3/b12-6+. The van der Waals surface area contributed by atoms with Crippen molar-refractivity contribution in [1.29, 1.82) is 0 Å². The van der Waals surface area contributed by atoms with Crippen LogP contribution in [-0.4, -0.2) is 36.7 Å². The number of phenolic OH excluding ortho intramolecular Hbond substituents is 1. The lowest BCUT2D eigenvalue weighted by molar-refractivity contribution is -0.140. The van der Waals surface area contributed by atoms with Gasteiger partial charge in [-0.05, 0) is 61.9 Å². The van der Waals surface area contributed by atoms with Gasteiger partial charge in [0, 0.05) is 11.6 Å². The molecule has 0 saturated carbocycles. The van der Waals surface area contributed by atoms with Gasteiger partial charge in [-0.3, -0.25) is 4.79 Å². The van der Waals surface area contributed by atoms with Crippen LogP contribution in [0.5, 0.6) is 17.2 Å². The Morgan fingerprint density at radius 3 is 2.48 bits per heavy atom. The molecule has 0 radical (unpaired) electrons. The highest BCUT2D eigenvalue weighted by molar-refractivity contribution is 6.01. The summed E-state index contributed by atoms with van der Waals surface area (Å²) in [6.07, 6.45) is 1.81. The fraction of sp³-hybridized carbons (Fsp3) is 0.238. The van der Waals surface area contributed by atoms with Gasteiger partial charge < -0.3 is 19.3 Å². The molecule has 1 N–H and O–H groups in total. The molecule has 0 aliphatic rings. The summed E-state index contributed by atoms with van der Waals surface area (Å²) in [7, 11) is 1.44. The molecule has 0 aliphatic carbocycles. The molecule has 6 heteroatoms. The molecular weight excluding hydrogens is 348 g/mol. The van der Waals surface area contributed by atoms with Gasteiger partial charge in [-0.1, -0.05) is 6.07 Å². The zero-order chi connectivity index (χ0) is 19.8. The molecule has 0 amide bonds. The predicted octanol–water partition coefficient (Wildman–Crippen LogP) is 3.63. The molecule has 0 fully saturated rings. The fourth-order valence-corrected chi connectivity index (χ4v) is 2.35. The number of rotatable bonds is 8. The van der Waals surface area contributed by atoms with Crippen LogP contribution < -0.4 is 9.47 Å². The van der Waals surface area contributed by atoms with Crippen LogP contribution in [0.25, 0.3) is 6.08 Å². The number of hydrogen-bond acceptors (Lipinski definition) is 6. The van der Waals surface area contributed by atoms with Crippen LogP contribution in [0.1, 0.15) is 29.8 Å². The van der Waals surface area contributed by atoms with Gasteiger partial charge >= 0.3 is 5.97 Å². The minimum Gasteiger partial charge on any atom is -0.504 e. The number of carbonyl (C=O) groups is 2. The Labute approximate surface area is 158 Å². The summed E-state index contributed by atoms with van der Waals surface area (Å²) in [5.74, 6) is 0.0299. The van der Waals surface area contributed by atoms with E-state index in [0.717, 1.165) is 0 Å². The highest BCUT2D eigenvalue weighted by atomic mass is 16.5. The number of Topliss-reactive ketones (excluding diaryl/α,β-unsaturated/α-hetero) is 1. The van der Waals surface area contributed by atoms with Crippen LogP contribution in [0.2, 0.25) is 0 Å². The zero-order valence-electron chi connectivity index (χ0n) is 15.5. The highest BCUT2D eigenvalue weighted by Gasteiger charge is 2.18. The van der Waals surface area contributed by atoms with E-state index in [1.807, 2.05) is 6.92 Å². The van der Waals surface area contributed by atoms with E-state index in [0.29, 0.717) is 29.2 Å². The number of esters is 1. The van der Waals surface area contributed by atoms with Gasteiger partial charge in [0.25, 0.3) is 0 Å². The average molecular weight is 370 g/mol. The molecule has 0 aromatic heterocycles. The van der Waals surface area contributed by atoms with Gasteiger partial charge in [-0.2, -0.15) is 0 Å². The molecule has 0 spiro atoms. The van der Waals surface area contributed by atoms with E-state index < -0.39 is 12.1 Å². The maximum atomic E-state index is 12.4. The molecule has 1 atom stereocenters. The molecular formula is C21H22O6. The van der Waals surface area contributed by atoms with E-state index in [1.54, 1.807) is 36.4 Å². The van der Waals surface area contributed by atoms with Crippen LogP contribution in [0.15, 0.2) is 48.5 Å². The molecule has 0 saturated heterocycles. The number of ketones is 1. The Bertz CT molecular complexity index is 823. The predicted molar refractivity (Wildman–Crippen MR) is 101 cm³/mol. The summed E-state index contributed by atoms with van der Waals surface area (Å²) in [6.45, 7) is 3.94. The summed E-state index contributed by atoms with van der Waals surface area (Å²) < 4.78 is 15.5. The van der Waals surface area contributed by atoms with Gasteiger partial charge in [-0.15, -0.1) is 0 Å². The summed E-state index contributed by atoms with van der Waals surface area (Å²) >= 11 is 0. The number of phenols is 1. The molecule has 0 aliphatic heterocycles. The number of hydrogen-bond donors (Lipinski definition) is 1. The van der Waals surface area contributed by atoms with E-state index in [4.69, 9.17) is 14.2 Å². The molecule has 2 aromatic rings. The summed E-state index contributed by atoms with van der Waals surface area (Å²) in [4.78, 5) is 24.3. The first kappa shape index (κ1) is 20.0. The Balaban J connectivity index is 1.97. The van der Waals surface area contributed by atoms with Crippen LogP contribution in [0.3, 0.4) is 0 Å². The van der Waals surface area contributed by atoms with Gasteiger partial charge in [0.1, 0.15) is 5.75 Å². The largest absolute Gasteiger partial charge is 0.504 e. The monoisotopic (exact) mass is 370 g/mol. The number of ether oxygens (including phenoxy) is 3. The first-order valence-corrected chi connectivity index (χ1v) is 8.47. The maximum absolute atomic E-state index is 12.4. The lowest BCUT2D eigenvalue weighted by Crippen LogP contribution is -2.23. The second kappa shape index (κ2) is 9.43. The number of benzene rings is 2. The third-order valence-corrected chi connectivity index (χ3v) is 3.73. The van der Waals surface area contributed by atoms with Crippen molar-refractivity contribution >= 4 is 17.8 Å². The summed E-state index contributed by atoms with van der Waals surface area (Å²) in [5.41, 5.74) is 1.08. The van der Waals surface area contributed by atoms with Gasteiger partial charge in [0.15, 0.2) is 17.6 Å². The molecule has 1 unspecified atom stereocenters. The molecule has 0 bridgehead atoms. The first-order valence-electron chi connectivity index (χ1n) is 8.47. The van der Waals surface area contributed by atoms with Crippen molar-refractivity contribution in [3.8, 4) is 17.2 Å². The van der Waals surface area contributed by atoms with Crippen LogP contribution in [-0.2, 0) is 9.53 Å². The van der Waals surface area contributed by atoms with Crippen molar-refractivity contribution in [3.63, 3.8) is 0 Å². The molecule has 2 aromatic carbocycles. The van der Waals surface area contributed by atoms with Gasteiger partial charge in [-0.25, -0.2) is 4.79 Å². The topological polar surface area (TPSA) is 82.1 Å². The molecule has 2 rings (SSSR count). The van der Waals surface area contributed by atoms with Crippen LogP contribution >= 0.6 is 0 Å². The molecule has 142 valence electrons. The second-order valence-corrected chi connectivity index (χ2v) is 5.67. The minimum atomic E-state index is -0.922. The van der Waals surface area contributed by atoms with E-state index in [1.165, 1.54) is 32.3 Å². The lowest BCUT2D eigenvalue weighted by atomic mass is 10.1. The zero-order valence-corrected chi connectivity index (χ0v) is 15.5. The first-order chi connectivity index (χ1) is 12.9. The van der Waals surface area contributed by atoms with E-state index >= 15 is 0 Å². The Hall–Kier alpha value is -3.28. The van der Waals surface area contributed by atoms with Crippen molar-refractivity contribution in [3.05, 3.63) is 59.7 Å². The maximum Gasteiger partial charge on any atom is 0.331 e. The highest BCUT2D eigenvalue weighted by Crippen LogP contribution is 2.26. The van der Waals surface area contributed by atoms with E-state index in [9.17, 15) is 14.7 Å². The third kappa shape index (κ3) is 5.60. The average Bonchev–Trinajstić information content (AvgIpc) is 2.67. The number of carbonyl (C=O) groups excluding carboxylic acids is 2. The molecule has 6 nitrogen and oxygen atoms in total. The second-order valence-electron chi connectivity index (χ2n) is 5.67. The van der Waals surface area contributed by atoms with E-state index in [-0.39, 0.29) is 11.5 Å². The van der Waals surface area contributed by atoms with E-state index in [2.05, 4.69) is 0 Å². The molecule has 27 heavy (non-hydrogen) atoms. The number of aromatic hydroxyl groups is 1. The summed E-state index contributed by atoms with van der Waals surface area (Å²) in [6, 6.07) is 11.3. The molecule has 0 heterocycles. The van der Waals surface area contributed by atoms with Crippen LogP contribution in [0, 0.1) is 0 Å². The van der Waals surface area contributed by atoms with Crippen molar-refractivity contribution < 1.29 is 28.9 Å². The fourth-order valence-electron chi connectivity index (χ4n) is 2.35. The Morgan fingerprint density at radius 2 is 1.85 bits per heavy atom. The summed E-state index contributed by atoms with van der Waals surface area (Å²) in [5, 5.41) is 9.56. The van der Waals surface area contributed by atoms with Gasteiger partial charge in [0.2, 0.25) is 5.78 Å².